The van der Waals surface area contributed by atoms with E-state index in [1.54, 1.807) is 23.2 Å². The highest BCUT2D eigenvalue weighted by molar-refractivity contribution is 6.30. The van der Waals surface area contributed by atoms with Gasteiger partial charge in [0.25, 0.3) is 5.91 Å². The van der Waals surface area contributed by atoms with Crippen LogP contribution in [-0.4, -0.2) is 20.7 Å². The third kappa shape index (κ3) is 2.70. The molecule has 0 saturated heterocycles. The van der Waals surface area contributed by atoms with E-state index < -0.39 is 0 Å². The van der Waals surface area contributed by atoms with Crippen LogP contribution in [0.2, 0.25) is 5.02 Å². The minimum absolute atomic E-state index is 0.132. The Morgan fingerprint density at radius 1 is 1.23 bits per heavy atom. The van der Waals surface area contributed by atoms with Crippen molar-refractivity contribution in [1.29, 1.82) is 0 Å². The van der Waals surface area contributed by atoms with Crippen molar-refractivity contribution in [3.05, 3.63) is 46.7 Å². The maximum Gasteiger partial charge on any atom is 0.262 e. The van der Waals surface area contributed by atoms with Crippen molar-refractivity contribution in [2.75, 3.05) is 10.6 Å². The second kappa shape index (κ2) is 6.61. The lowest BCUT2D eigenvalue weighted by atomic mass is 10.1. The number of pyridine rings is 1. The molecule has 0 fully saturated rings. The highest BCUT2D eigenvalue weighted by atomic mass is 35.5. The van der Waals surface area contributed by atoms with E-state index >= 15 is 0 Å². The number of benzene rings is 1. The number of hydrogen-bond donors (Lipinski definition) is 1. The number of carbonyl (C=O) groups is 1. The van der Waals surface area contributed by atoms with Crippen LogP contribution in [0.3, 0.4) is 0 Å². The molecule has 2 aromatic heterocycles. The predicted molar refractivity (Wildman–Crippen MR) is 103 cm³/mol. The predicted octanol–water partition coefficient (Wildman–Crippen LogP) is 4.02. The molecule has 0 atom stereocenters. The fourth-order valence-corrected chi connectivity index (χ4v) is 3.50. The maximum absolute atomic E-state index is 12.9. The summed E-state index contributed by atoms with van der Waals surface area (Å²) in [5.41, 5.74) is 9.52. The summed E-state index contributed by atoms with van der Waals surface area (Å²) in [5.74, 6) is -0.132. The quantitative estimate of drug-likeness (QED) is 0.689. The van der Waals surface area contributed by atoms with Crippen molar-refractivity contribution >= 4 is 39.9 Å². The van der Waals surface area contributed by atoms with Gasteiger partial charge in [-0.3, -0.25) is 4.79 Å². The van der Waals surface area contributed by atoms with E-state index in [4.69, 9.17) is 22.3 Å². The van der Waals surface area contributed by atoms with Gasteiger partial charge in [0.05, 0.1) is 35.1 Å². The fourth-order valence-electron chi connectivity index (χ4n) is 3.38. The molecule has 0 saturated carbocycles. The van der Waals surface area contributed by atoms with Crippen molar-refractivity contribution in [3.63, 3.8) is 0 Å². The Balaban J connectivity index is 1.72. The van der Waals surface area contributed by atoms with Gasteiger partial charge >= 0.3 is 0 Å². The Labute approximate surface area is 156 Å². The van der Waals surface area contributed by atoms with E-state index in [0.717, 1.165) is 42.5 Å². The number of amides is 1. The summed E-state index contributed by atoms with van der Waals surface area (Å²) in [6, 6.07) is 7.20. The van der Waals surface area contributed by atoms with Gasteiger partial charge < -0.3 is 10.6 Å². The topological polar surface area (TPSA) is 77.0 Å². The average Bonchev–Trinajstić information content (AvgIpc) is 3.18. The lowest BCUT2D eigenvalue weighted by Gasteiger charge is -2.15. The fraction of sp³-hybridized carbons (Fsp3) is 0.316. The van der Waals surface area contributed by atoms with Gasteiger partial charge in [-0.2, -0.15) is 5.10 Å². The molecule has 2 N–H and O–H groups in total. The molecule has 0 spiro atoms. The van der Waals surface area contributed by atoms with Crippen LogP contribution in [0.4, 0.5) is 11.4 Å². The summed E-state index contributed by atoms with van der Waals surface area (Å²) in [6.45, 7) is 3.37. The zero-order valence-electron chi connectivity index (χ0n) is 14.6. The molecule has 4 rings (SSSR count). The van der Waals surface area contributed by atoms with Gasteiger partial charge in [-0.15, -0.1) is 0 Å². The lowest BCUT2D eigenvalue weighted by Crippen LogP contribution is -2.23. The van der Waals surface area contributed by atoms with Crippen molar-refractivity contribution in [3.8, 4) is 0 Å². The monoisotopic (exact) mass is 369 g/mol. The number of nitrogens with zero attached hydrogens (tertiary/aromatic N) is 4. The molecule has 0 radical (unpaired) electrons. The molecule has 3 aromatic rings. The first-order valence-electron chi connectivity index (χ1n) is 8.81. The highest BCUT2D eigenvalue weighted by Crippen LogP contribution is 2.35. The smallest absolute Gasteiger partial charge is 0.262 e. The molecule has 7 heteroatoms. The Morgan fingerprint density at radius 3 is 2.73 bits per heavy atom. The molecule has 0 bridgehead atoms. The van der Waals surface area contributed by atoms with Crippen LogP contribution < -0.4 is 10.6 Å². The molecule has 0 aliphatic carbocycles. The number of nitrogen functional groups attached to an aromatic ring is 1. The van der Waals surface area contributed by atoms with E-state index in [2.05, 4.69) is 12.0 Å². The van der Waals surface area contributed by atoms with Crippen molar-refractivity contribution in [2.45, 2.75) is 39.3 Å². The largest absolute Gasteiger partial charge is 0.397 e. The van der Waals surface area contributed by atoms with Gasteiger partial charge in [-0.05, 0) is 30.7 Å². The first kappa shape index (κ1) is 16.8. The van der Waals surface area contributed by atoms with E-state index in [-0.39, 0.29) is 5.91 Å². The van der Waals surface area contributed by atoms with E-state index in [9.17, 15) is 4.79 Å². The summed E-state index contributed by atoms with van der Waals surface area (Å²) in [7, 11) is 0. The molecule has 1 aliphatic rings. The van der Waals surface area contributed by atoms with Crippen LogP contribution in [0.1, 0.15) is 42.2 Å². The van der Waals surface area contributed by atoms with Crippen molar-refractivity contribution in [2.24, 2.45) is 0 Å². The molecule has 6 nitrogen and oxygen atoms in total. The van der Waals surface area contributed by atoms with E-state index in [0.29, 0.717) is 28.5 Å². The number of carbonyl (C=O) groups excluding carboxylic acids is 1. The number of fused-ring (bicyclic) bond motifs is 2. The molecular formula is C19H20ClN5O. The zero-order chi connectivity index (χ0) is 18.3. The first-order valence-corrected chi connectivity index (χ1v) is 9.19. The SMILES string of the molecule is CCCCCn1ncc2c(N)c3c(nc21)CN(c1ccc(Cl)cc1)C3=O. The van der Waals surface area contributed by atoms with Crippen LogP contribution in [0, 0.1) is 0 Å². The van der Waals surface area contributed by atoms with Gasteiger partial charge in [0.1, 0.15) is 0 Å². The Kier molecular flexibility index (Phi) is 4.28. The molecule has 26 heavy (non-hydrogen) atoms. The molecule has 1 aromatic carbocycles. The van der Waals surface area contributed by atoms with E-state index in [1.165, 1.54) is 0 Å². The molecule has 0 unspecified atom stereocenters. The number of unbranched alkanes of at least 4 members (excludes halogenated alkanes) is 2. The van der Waals surface area contributed by atoms with Crippen molar-refractivity contribution < 1.29 is 4.79 Å². The van der Waals surface area contributed by atoms with Crippen LogP contribution >= 0.6 is 11.6 Å². The van der Waals surface area contributed by atoms with Gasteiger partial charge in [-0.25, -0.2) is 9.67 Å². The number of hydrogen-bond acceptors (Lipinski definition) is 4. The van der Waals surface area contributed by atoms with Gasteiger partial charge in [0.15, 0.2) is 5.65 Å². The zero-order valence-corrected chi connectivity index (χ0v) is 15.3. The summed E-state index contributed by atoms with van der Waals surface area (Å²) in [6.07, 6.45) is 5.04. The minimum atomic E-state index is -0.132. The van der Waals surface area contributed by atoms with Gasteiger partial charge in [-0.1, -0.05) is 31.4 Å². The number of aryl methyl sites for hydroxylation is 1. The number of rotatable bonds is 5. The molecule has 3 heterocycles. The van der Waals surface area contributed by atoms with Crippen LogP contribution in [-0.2, 0) is 13.1 Å². The minimum Gasteiger partial charge on any atom is -0.397 e. The van der Waals surface area contributed by atoms with Gasteiger partial charge in [0, 0.05) is 17.3 Å². The standard InChI is InChI=1S/C19H20ClN5O/c1-2-3-4-9-25-18-14(10-22-25)17(21)16-15(23-18)11-24(19(16)26)13-7-5-12(20)6-8-13/h5-8,10H,2-4,9,11H2,1H3,(H2,21,23). The second-order valence-electron chi connectivity index (χ2n) is 6.53. The Morgan fingerprint density at radius 2 is 2.00 bits per heavy atom. The summed E-state index contributed by atoms with van der Waals surface area (Å²) >= 11 is 5.95. The van der Waals surface area contributed by atoms with Crippen LogP contribution in [0.15, 0.2) is 30.5 Å². The van der Waals surface area contributed by atoms with Crippen molar-refractivity contribution in [1.82, 2.24) is 14.8 Å². The van der Waals surface area contributed by atoms with Crippen LogP contribution in [0.5, 0.6) is 0 Å². The third-order valence-electron chi connectivity index (χ3n) is 4.78. The normalized spacial score (nSPS) is 13.6. The number of aromatic nitrogens is 3. The number of nitrogens with two attached hydrogens (primary N) is 1. The summed E-state index contributed by atoms with van der Waals surface area (Å²) < 4.78 is 1.89. The molecule has 1 aliphatic heterocycles. The highest BCUT2D eigenvalue weighted by Gasteiger charge is 2.33. The third-order valence-corrected chi connectivity index (χ3v) is 5.03. The molecule has 134 valence electrons. The number of halogens is 1. The second-order valence-corrected chi connectivity index (χ2v) is 6.96. The Hall–Kier alpha value is -2.60. The van der Waals surface area contributed by atoms with Crippen LogP contribution in [0.25, 0.3) is 11.0 Å². The number of anilines is 2. The van der Waals surface area contributed by atoms with Gasteiger partial charge in [0.2, 0.25) is 0 Å². The average molecular weight is 370 g/mol. The lowest BCUT2D eigenvalue weighted by molar-refractivity contribution is 0.0997. The molecule has 1 amide bonds. The molecular weight excluding hydrogens is 350 g/mol. The Bertz CT molecular complexity index is 980. The summed E-state index contributed by atoms with van der Waals surface area (Å²) in [5, 5.41) is 5.79. The maximum atomic E-state index is 12.9. The first-order chi connectivity index (χ1) is 12.6. The van der Waals surface area contributed by atoms with E-state index in [1.807, 2.05) is 16.8 Å². The summed E-state index contributed by atoms with van der Waals surface area (Å²) in [4.78, 5) is 19.3.